The van der Waals surface area contributed by atoms with Gasteiger partial charge in [0, 0.05) is 19.3 Å². The van der Waals surface area contributed by atoms with Crippen LogP contribution in [-0.4, -0.2) is 37.2 Å². The maximum atomic E-state index is 12.8. The Kier molecular flexibility index (Phi) is 62.7. The number of allylic oxidation sites excluding steroid dienone is 12. The van der Waals surface area contributed by atoms with Crippen LogP contribution in [0.2, 0.25) is 0 Å². The third kappa shape index (κ3) is 63.6. The molecular formula is C71H126O6. The minimum atomic E-state index is -0.802. The zero-order valence-electron chi connectivity index (χ0n) is 51.2. The summed E-state index contributed by atoms with van der Waals surface area (Å²) in [6.07, 6.45) is 85.3. The predicted molar refractivity (Wildman–Crippen MR) is 335 cm³/mol. The van der Waals surface area contributed by atoms with Gasteiger partial charge in [0.15, 0.2) is 6.10 Å². The van der Waals surface area contributed by atoms with Gasteiger partial charge >= 0.3 is 17.9 Å². The average Bonchev–Trinajstić information content (AvgIpc) is 3.43. The molecule has 0 fully saturated rings. The van der Waals surface area contributed by atoms with E-state index in [1.807, 2.05) is 0 Å². The molecule has 0 aliphatic carbocycles. The predicted octanol–water partition coefficient (Wildman–Crippen LogP) is 22.9. The molecule has 0 radical (unpaired) electrons. The minimum Gasteiger partial charge on any atom is -0.462 e. The van der Waals surface area contributed by atoms with Crippen molar-refractivity contribution in [2.24, 2.45) is 0 Å². The molecule has 0 aromatic carbocycles. The van der Waals surface area contributed by atoms with E-state index in [4.69, 9.17) is 14.2 Å². The molecule has 0 spiro atoms. The first-order valence-corrected chi connectivity index (χ1v) is 33.4. The van der Waals surface area contributed by atoms with Crippen LogP contribution in [0.1, 0.15) is 342 Å². The Balaban J connectivity index is 4.08. The maximum Gasteiger partial charge on any atom is 0.306 e. The van der Waals surface area contributed by atoms with Crippen LogP contribution in [0.25, 0.3) is 0 Å². The van der Waals surface area contributed by atoms with E-state index >= 15 is 0 Å². The van der Waals surface area contributed by atoms with Crippen LogP contribution in [0, 0.1) is 0 Å². The third-order valence-corrected chi connectivity index (χ3v) is 14.7. The summed E-state index contributed by atoms with van der Waals surface area (Å²) >= 11 is 0. The molecule has 1 atom stereocenters. The van der Waals surface area contributed by atoms with Crippen molar-refractivity contribution in [3.63, 3.8) is 0 Å². The first-order valence-electron chi connectivity index (χ1n) is 33.4. The number of esters is 3. The zero-order valence-corrected chi connectivity index (χ0v) is 51.2. The summed E-state index contributed by atoms with van der Waals surface area (Å²) in [7, 11) is 0. The first-order chi connectivity index (χ1) is 38.0. The molecule has 446 valence electrons. The van der Waals surface area contributed by atoms with Gasteiger partial charge in [-0.2, -0.15) is 0 Å². The van der Waals surface area contributed by atoms with Crippen molar-refractivity contribution >= 4 is 17.9 Å². The van der Waals surface area contributed by atoms with E-state index in [9.17, 15) is 14.4 Å². The van der Waals surface area contributed by atoms with E-state index in [0.717, 1.165) is 77.0 Å². The molecule has 0 saturated heterocycles. The molecule has 0 aliphatic rings. The van der Waals surface area contributed by atoms with Gasteiger partial charge in [0.05, 0.1) is 0 Å². The molecule has 0 rings (SSSR count). The number of unbranched alkanes of at least 4 members (excludes halogenated alkanes) is 38. The number of carbonyl (C=O) groups excluding carboxylic acids is 3. The van der Waals surface area contributed by atoms with Crippen LogP contribution in [0.4, 0.5) is 0 Å². The third-order valence-electron chi connectivity index (χ3n) is 14.7. The molecule has 0 N–H and O–H groups in total. The SMILES string of the molecule is CC/C=C\C/C=C\C/C=C\C/C=C\C/C=C\CCCC(=O)OC(COC(=O)CCCCCCCCCCC)COC(=O)CCCCCCCCCCCCCCCCCCCCCCC/C=C\CCCCCCCCCC. The number of hydrogen-bond donors (Lipinski definition) is 0. The topological polar surface area (TPSA) is 78.9 Å². The summed E-state index contributed by atoms with van der Waals surface area (Å²) < 4.78 is 16.8. The monoisotopic (exact) mass is 1070 g/mol. The summed E-state index contributed by atoms with van der Waals surface area (Å²) in [5.41, 5.74) is 0. The highest BCUT2D eigenvalue weighted by Gasteiger charge is 2.19. The van der Waals surface area contributed by atoms with E-state index in [1.165, 1.54) is 218 Å². The minimum absolute atomic E-state index is 0.0943. The summed E-state index contributed by atoms with van der Waals surface area (Å²) in [5.74, 6) is -0.942. The van der Waals surface area contributed by atoms with Crippen LogP contribution in [-0.2, 0) is 28.6 Å². The molecule has 0 aliphatic heterocycles. The molecular weight excluding hydrogens is 949 g/mol. The fraction of sp³-hybridized carbons (Fsp3) is 0.789. The van der Waals surface area contributed by atoms with Crippen LogP contribution >= 0.6 is 0 Å². The molecule has 0 bridgehead atoms. The Bertz CT molecular complexity index is 1420. The number of ether oxygens (including phenoxy) is 3. The lowest BCUT2D eigenvalue weighted by atomic mass is 10.0. The lowest BCUT2D eigenvalue weighted by molar-refractivity contribution is -0.167. The van der Waals surface area contributed by atoms with E-state index in [-0.39, 0.29) is 37.5 Å². The number of hydrogen-bond acceptors (Lipinski definition) is 6. The molecule has 0 saturated carbocycles. The van der Waals surface area contributed by atoms with Gasteiger partial charge in [-0.3, -0.25) is 14.4 Å². The highest BCUT2D eigenvalue weighted by molar-refractivity contribution is 5.71. The Hall–Kier alpha value is -3.15. The normalized spacial score (nSPS) is 12.5. The summed E-state index contributed by atoms with van der Waals surface area (Å²) in [6, 6.07) is 0. The Labute approximate surface area is 478 Å². The lowest BCUT2D eigenvalue weighted by Crippen LogP contribution is -2.30. The second-order valence-corrected chi connectivity index (χ2v) is 22.4. The fourth-order valence-corrected chi connectivity index (χ4v) is 9.71. The lowest BCUT2D eigenvalue weighted by Gasteiger charge is -2.18. The number of carbonyl (C=O) groups is 3. The Morgan fingerprint density at radius 2 is 0.519 bits per heavy atom. The first kappa shape index (κ1) is 73.8. The van der Waals surface area contributed by atoms with Crippen LogP contribution < -0.4 is 0 Å². The van der Waals surface area contributed by atoms with E-state index < -0.39 is 6.10 Å². The molecule has 0 amide bonds. The quantitative estimate of drug-likeness (QED) is 0.0261. The van der Waals surface area contributed by atoms with Gasteiger partial charge < -0.3 is 14.2 Å². The van der Waals surface area contributed by atoms with Gasteiger partial charge in [0.25, 0.3) is 0 Å². The van der Waals surface area contributed by atoms with Crippen molar-refractivity contribution < 1.29 is 28.6 Å². The number of rotatable bonds is 61. The fourth-order valence-electron chi connectivity index (χ4n) is 9.71. The standard InChI is InChI=1S/C71H126O6/c1-4-7-10-13-16-19-21-23-25-27-28-29-30-31-32-33-34-35-36-37-38-39-40-41-42-44-45-47-49-52-55-58-61-64-70(73)76-67-68(66-75-69(72)63-60-57-54-51-18-15-12-9-6-3)77-71(74)65-62-59-56-53-50-48-46-43-26-24-22-20-17-14-11-8-5-2/h8,11,17,20,24,26-28,46,48,53,56,68H,4-7,9-10,12-16,18-19,21-23,25,29-45,47,49-52,54-55,57-67H2,1-3H3/b11-8-,20-17-,26-24-,28-27-,48-46-,56-53-. The molecule has 0 heterocycles. The van der Waals surface area contributed by atoms with Crippen LogP contribution in [0.3, 0.4) is 0 Å². The molecule has 0 aromatic rings. The smallest absolute Gasteiger partial charge is 0.306 e. The van der Waals surface area contributed by atoms with Crippen molar-refractivity contribution in [3.05, 3.63) is 72.9 Å². The maximum absolute atomic E-state index is 12.8. The van der Waals surface area contributed by atoms with Gasteiger partial charge in [-0.15, -0.1) is 0 Å². The molecule has 6 heteroatoms. The summed E-state index contributed by atoms with van der Waals surface area (Å²) in [4.78, 5) is 38.1. The zero-order chi connectivity index (χ0) is 55.7. The van der Waals surface area contributed by atoms with Gasteiger partial charge in [-0.25, -0.2) is 0 Å². The van der Waals surface area contributed by atoms with Gasteiger partial charge in [0.1, 0.15) is 13.2 Å². The van der Waals surface area contributed by atoms with E-state index in [1.54, 1.807) is 0 Å². The van der Waals surface area contributed by atoms with Gasteiger partial charge in [-0.05, 0) is 83.5 Å². The van der Waals surface area contributed by atoms with Crippen molar-refractivity contribution in [1.82, 2.24) is 0 Å². The van der Waals surface area contributed by atoms with Crippen molar-refractivity contribution in [1.29, 1.82) is 0 Å². The average molecular weight is 1080 g/mol. The summed E-state index contributed by atoms with van der Waals surface area (Å²) in [6.45, 7) is 6.49. The highest BCUT2D eigenvalue weighted by Crippen LogP contribution is 2.17. The van der Waals surface area contributed by atoms with Crippen molar-refractivity contribution in [2.45, 2.75) is 348 Å². The molecule has 1 unspecified atom stereocenters. The Morgan fingerprint density at radius 3 is 0.844 bits per heavy atom. The molecule has 0 aromatic heterocycles. The van der Waals surface area contributed by atoms with Crippen molar-refractivity contribution in [2.75, 3.05) is 13.2 Å². The second kappa shape index (κ2) is 65.4. The molecule has 6 nitrogen and oxygen atoms in total. The molecule has 77 heavy (non-hydrogen) atoms. The van der Waals surface area contributed by atoms with E-state index in [0.29, 0.717) is 19.3 Å². The Morgan fingerprint density at radius 1 is 0.273 bits per heavy atom. The highest BCUT2D eigenvalue weighted by atomic mass is 16.6. The van der Waals surface area contributed by atoms with Crippen LogP contribution in [0.15, 0.2) is 72.9 Å². The van der Waals surface area contributed by atoms with Gasteiger partial charge in [-0.1, -0.05) is 312 Å². The largest absolute Gasteiger partial charge is 0.462 e. The summed E-state index contributed by atoms with van der Waals surface area (Å²) in [5, 5.41) is 0. The van der Waals surface area contributed by atoms with E-state index in [2.05, 4.69) is 93.7 Å². The van der Waals surface area contributed by atoms with Crippen LogP contribution in [0.5, 0.6) is 0 Å². The second-order valence-electron chi connectivity index (χ2n) is 22.4. The van der Waals surface area contributed by atoms with Gasteiger partial charge in [0.2, 0.25) is 0 Å². The van der Waals surface area contributed by atoms with Crippen molar-refractivity contribution in [3.8, 4) is 0 Å².